The predicted octanol–water partition coefficient (Wildman–Crippen LogP) is 1.75. The first-order valence-corrected chi connectivity index (χ1v) is 6.49. The highest BCUT2D eigenvalue weighted by Gasteiger charge is 2.21. The van der Waals surface area contributed by atoms with Gasteiger partial charge in [-0.2, -0.15) is 0 Å². The van der Waals surface area contributed by atoms with Crippen LogP contribution in [0.15, 0.2) is 24.3 Å². The lowest BCUT2D eigenvalue weighted by Crippen LogP contribution is -2.43. The molecule has 1 aromatic carbocycles. The molecule has 1 aliphatic rings. The zero-order chi connectivity index (χ0) is 13.7. The van der Waals surface area contributed by atoms with Crippen LogP contribution in [0.4, 0.5) is 4.79 Å². The third-order valence-electron chi connectivity index (χ3n) is 3.29. The number of benzene rings is 1. The first kappa shape index (κ1) is 13.7. The third kappa shape index (κ3) is 3.86. The number of hydrogen-bond donors (Lipinski definition) is 1. The highest BCUT2D eigenvalue weighted by atomic mass is 16.6. The fourth-order valence-electron chi connectivity index (χ4n) is 2.08. The van der Waals surface area contributed by atoms with Crippen LogP contribution in [-0.4, -0.2) is 37.2 Å². The Morgan fingerprint density at radius 2 is 2.16 bits per heavy atom. The van der Waals surface area contributed by atoms with E-state index in [0.717, 1.165) is 24.2 Å². The molecule has 2 N–H and O–H groups in total. The van der Waals surface area contributed by atoms with Gasteiger partial charge in [0.05, 0.1) is 7.11 Å². The summed E-state index contributed by atoms with van der Waals surface area (Å²) in [6.45, 7) is 1.62. The Bertz CT molecular complexity index is 428. The van der Waals surface area contributed by atoms with Crippen LogP contribution in [0, 0.1) is 0 Å². The molecule has 5 heteroatoms. The number of likely N-dealkylation sites (tertiary alicyclic amines) is 1. The molecule has 0 aliphatic carbocycles. The average Bonchev–Trinajstić information content (AvgIpc) is 2.46. The van der Waals surface area contributed by atoms with E-state index in [1.165, 1.54) is 0 Å². The Labute approximate surface area is 113 Å². The van der Waals surface area contributed by atoms with Crippen LogP contribution in [0.2, 0.25) is 0 Å². The fraction of sp³-hybridized carbons (Fsp3) is 0.500. The number of nitrogens with zero attached hydrogens (tertiary/aromatic N) is 1. The number of methoxy groups -OCH3 is 1. The molecule has 0 spiro atoms. The minimum Gasteiger partial charge on any atom is -0.497 e. The van der Waals surface area contributed by atoms with E-state index in [1.54, 1.807) is 12.0 Å². The van der Waals surface area contributed by atoms with Crippen molar-refractivity contribution in [3.05, 3.63) is 29.8 Å². The number of amides is 1. The normalized spacial score (nSPS) is 16.2. The highest BCUT2D eigenvalue weighted by Crippen LogP contribution is 2.14. The van der Waals surface area contributed by atoms with E-state index >= 15 is 0 Å². The molecular formula is C14H20N2O3. The van der Waals surface area contributed by atoms with Crippen LogP contribution in [0.25, 0.3) is 0 Å². The molecule has 1 saturated heterocycles. The van der Waals surface area contributed by atoms with E-state index in [2.05, 4.69) is 0 Å². The Morgan fingerprint density at radius 3 is 2.84 bits per heavy atom. The lowest BCUT2D eigenvalue weighted by Gasteiger charge is -2.29. The number of carbonyl (C=O) groups excluding carboxylic acids is 1. The van der Waals surface area contributed by atoms with Gasteiger partial charge in [0.1, 0.15) is 12.4 Å². The van der Waals surface area contributed by atoms with Gasteiger partial charge in [0.25, 0.3) is 0 Å². The van der Waals surface area contributed by atoms with Crippen molar-refractivity contribution in [1.82, 2.24) is 4.90 Å². The summed E-state index contributed by atoms with van der Waals surface area (Å²) in [6.07, 6.45) is 1.41. The Kier molecular flexibility index (Phi) is 4.63. The molecule has 104 valence electrons. The van der Waals surface area contributed by atoms with Crippen LogP contribution in [-0.2, 0) is 11.3 Å². The minimum absolute atomic E-state index is 0.211. The number of piperidine rings is 1. The Morgan fingerprint density at radius 1 is 1.42 bits per heavy atom. The number of carbonyl (C=O) groups is 1. The average molecular weight is 264 g/mol. The summed E-state index contributed by atoms with van der Waals surface area (Å²) in [6, 6.07) is 7.71. The molecule has 1 aliphatic heterocycles. The van der Waals surface area contributed by atoms with Gasteiger partial charge in [-0.3, -0.25) is 0 Å². The molecule has 5 nitrogen and oxygen atoms in total. The molecule has 0 radical (unpaired) electrons. The second-order valence-corrected chi connectivity index (χ2v) is 4.73. The van der Waals surface area contributed by atoms with E-state index in [0.29, 0.717) is 13.1 Å². The van der Waals surface area contributed by atoms with Crippen molar-refractivity contribution in [3.8, 4) is 5.75 Å². The monoisotopic (exact) mass is 264 g/mol. The summed E-state index contributed by atoms with van der Waals surface area (Å²) in [5, 5.41) is 0. The highest BCUT2D eigenvalue weighted by molar-refractivity contribution is 5.67. The van der Waals surface area contributed by atoms with Crippen molar-refractivity contribution >= 4 is 6.09 Å². The van der Waals surface area contributed by atoms with Crippen LogP contribution >= 0.6 is 0 Å². The van der Waals surface area contributed by atoms with Gasteiger partial charge in [-0.15, -0.1) is 0 Å². The second kappa shape index (κ2) is 6.43. The van der Waals surface area contributed by atoms with E-state index in [4.69, 9.17) is 15.2 Å². The molecule has 1 fully saturated rings. The van der Waals surface area contributed by atoms with Gasteiger partial charge in [-0.1, -0.05) is 12.1 Å². The first-order valence-electron chi connectivity index (χ1n) is 6.49. The number of nitrogens with two attached hydrogens (primary N) is 1. The maximum atomic E-state index is 11.9. The van der Waals surface area contributed by atoms with Gasteiger partial charge >= 0.3 is 6.09 Å². The maximum Gasteiger partial charge on any atom is 0.410 e. The van der Waals surface area contributed by atoms with Crippen molar-refractivity contribution in [1.29, 1.82) is 0 Å². The molecule has 1 amide bonds. The second-order valence-electron chi connectivity index (χ2n) is 4.73. The standard InChI is InChI=1S/C14H20N2O3/c1-18-13-4-2-3-11(9-13)10-19-14(17)16-7-5-12(15)6-8-16/h2-4,9,12H,5-8,10,15H2,1H3. The van der Waals surface area contributed by atoms with Crippen molar-refractivity contribution in [3.63, 3.8) is 0 Å². The van der Waals surface area contributed by atoms with Gasteiger partial charge in [0.2, 0.25) is 0 Å². The molecule has 1 heterocycles. The number of ether oxygens (including phenoxy) is 2. The Hall–Kier alpha value is -1.75. The molecule has 1 aromatic rings. The van der Waals surface area contributed by atoms with Crippen molar-refractivity contribution in [2.75, 3.05) is 20.2 Å². The lowest BCUT2D eigenvalue weighted by atomic mass is 10.1. The SMILES string of the molecule is COc1cccc(COC(=O)N2CCC(N)CC2)c1. The molecular weight excluding hydrogens is 244 g/mol. The van der Waals surface area contributed by atoms with Crippen LogP contribution in [0.1, 0.15) is 18.4 Å². The van der Waals surface area contributed by atoms with Gasteiger partial charge in [-0.25, -0.2) is 4.79 Å². The van der Waals surface area contributed by atoms with Gasteiger partial charge in [0, 0.05) is 19.1 Å². The van der Waals surface area contributed by atoms with Gasteiger partial charge < -0.3 is 20.1 Å². The fourth-order valence-corrected chi connectivity index (χ4v) is 2.08. The van der Waals surface area contributed by atoms with E-state index in [-0.39, 0.29) is 18.7 Å². The van der Waals surface area contributed by atoms with Gasteiger partial charge in [0.15, 0.2) is 0 Å². The van der Waals surface area contributed by atoms with Gasteiger partial charge in [-0.05, 0) is 30.5 Å². The van der Waals surface area contributed by atoms with Crippen LogP contribution < -0.4 is 10.5 Å². The summed E-state index contributed by atoms with van der Waals surface area (Å²) < 4.78 is 10.4. The summed E-state index contributed by atoms with van der Waals surface area (Å²) in [5.41, 5.74) is 6.72. The molecule has 0 saturated carbocycles. The van der Waals surface area contributed by atoms with E-state index < -0.39 is 0 Å². The number of rotatable bonds is 3. The predicted molar refractivity (Wildman–Crippen MR) is 72.0 cm³/mol. The zero-order valence-corrected chi connectivity index (χ0v) is 11.2. The smallest absolute Gasteiger partial charge is 0.410 e. The third-order valence-corrected chi connectivity index (χ3v) is 3.29. The molecule has 0 atom stereocenters. The minimum atomic E-state index is -0.269. The van der Waals surface area contributed by atoms with Crippen molar-refractivity contribution in [2.45, 2.75) is 25.5 Å². The number of hydrogen-bond acceptors (Lipinski definition) is 4. The quantitative estimate of drug-likeness (QED) is 0.903. The first-order chi connectivity index (χ1) is 9.19. The summed E-state index contributed by atoms with van der Waals surface area (Å²) in [5.74, 6) is 0.762. The maximum absolute atomic E-state index is 11.9. The summed E-state index contributed by atoms with van der Waals surface area (Å²) in [4.78, 5) is 13.6. The lowest BCUT2D eigenvalue weighted by molar-refractivity contribution is 0.0873. The molecule has 2 rings (SSSR count). The Balaban J connectivity index is 1.82. The summed E-state index contributed by atoms with van der Waals surface area (Å²) in [7, 11) is 1.61. The summed E-state index contributed by atoms with van der Waals surface area (Å²) >= 11 is 0. The molecule has 0 bridgehead atoms. The van der Waals surface area contributed by atoms with Crippen molar-refractivity contribution in [2.24, 2.45) is 5.73 Å². The molecule has 0 aromatic heterocycles. The van der Waals surface area contributed by atoms with Crippen LogP contribution in [0.5, 0.6) is 5.75 Å². The van der Waals surface area contributed by atoms with Crippen molar-refractivity contribution < 1.29 is 14.3 Å². The van der Waals surface area contributed by atoms with E-state index in [9.17, 15) is 4.79 Å². The molecule has 0 unspecified atom stereocenters. The molecule has 19 heavy (non-hydrogen) atoms. The largest absolute Gasteiger partial charge is 0.497 e. The van der Waals surface area contributed by atoms with E-state index in [1.807, 2.05) is 24.3 Å². The topological polar surface area (TPSA) is 64.8 Å². The van der Waals surface area contributed by atoms with Crippen LogP contribution in [0.3, 0.4) is 0 Å². The zero-order valence-electron chi connectivity index (χ0n) is 11.2.